The lowest BCUT2D eigenvalue weighted by atomic mass is 9.74. The number of alkyl halides is 8. The minimum Gasteiger partial charge on any atom is -0.347 e. The Labute approximate surface area is 605 Å². The summed E-state index contributed by atoms with van der Waals surface area (Å²) in [5, 5.41) is 8.35. The molecule has 11 atom stereocenters. The van der Waals surface area contributed by atoms with E-state index in [0.717, 1.165) is 19.6 Å². The summed E-state index contributed by atoms with van der Waals surface area (Å²) in [6.45, 7) is 4.85. The second kappa shape index (κ2) is 35.9. The molecular weight excluding hydrogens is 1380 g/mol. The van der Waals surface area contributed by atoms with Crippen molar-refractivity contribution in [2.24, 2.45) is 35.5 Å². The van der Waals surface area contributed by atoms with Crippen LogP contribution in [0.5, 0.6) is 0 Å². The third kappa shape index (κ3) is 19.7. The Morgan fingerprint density at radius 1 is 0.625 bits per heavy atom. The smallest absolute Gasteiger partial charge is 0.347 e. The molecule has 3 N–H and O–H groups in total. The zero-order chi connectivity index (χ0) is 77.2. The topological polar surface area (TPSA) is 270 Å². The summed E-state index contributed by atoms with van der Waals surface area (Å²) in [6.07, 6.45) is -11.5. The van der Waals surface area contributed by atoms with Gasteiger partial charge in [0.2, 0.25) is 70.9 Å². The van der Waals surface area contributed by atoms with E-state index < -0.39 is 224 Å². The lowest BCUT2D eigenvalue weighted by Gasteiger charge is -2.47. The molecule has 7 rings (SSSR count). The normalized spacial score (nSPS) is 32.0. The van der Waals surface area contributed by atoms with Crippen LogP contribution in [0.25, 0.3) is 0 Å². The van der Waals surface area contributed by atoms with Gasteiger partial charge in [-0.2, -0.15) is 26.3 Å². The maximum absolute atomic E-state index is 15.6. The first kappa shape index (κ1) is 84.1. The van der Waals surface area contributed by atoms with Crippen molar-refractivity contribution in [3.8, 4) is 0 Å². The van der Waals surface area contributed by atoms with Crippen molar-refractivity contribution in [1.82, 2.24) is 60.0 Å². The zero-order valence-corrected chi connectivity index (χ0v) is 62.1. The first-order chi connectivity index (χ1) is 48.8. The van der Waals surface area contributed by atoms with Crippen LogP contribution >= 0.6 is 0 Å². The van der Waals surface area contributed by atoms with Gasteiger partial charge in [0, 0.05) is 69.0 Å². The van der Waals surface area contributed by atoms with Gasteiger partial charge in [-0.15, -0.1) is 0 Å². The SMILES string of the molecule is CC[C@H](C)[C@@H]1NC(=O)[C@H](CC)N(C)C(=O)C[C@@H](C(=O)N(C)C)N(CC)C(=O)[C@H](C2CCCC2)N(C)C(=O)C2(CCC2)NC(=O)[C@@H]2CCCN2C(=O)[C@H](CCC2CC(F)C(C(F)(F)F)C(F)C2)NC(=O)CN(C)C(=O)[C@H](CC2CCC(C(F)(F)F)CC2)N2CC/C=C\C[C@@H](C2=O)N(C)C(=O)CN(C)C1=O. The quantitative estimate of drug-likeness (QED) is 0.157. The van der Waals surface area contributed by atoms with E-state index in [-0.39, 0.29) is 103 Å². The number of nitrogens with zero attached hydrogens (tertiary/aromatic N) is 9. The first-order valence-corrected chi connectivity index (χ1v) is 37.2. The van der Waals surface area contributed by atoms with Crippen LogP contribution in [0.15, 0.2) is 12.2 Å². The fraction of sp³-hybridized carbons (Fsp3) is 0.806. The van der Waals surface area contributed by atoms with Crippen molar-refractivity contribution in [3.63, 3.8) is 0 Å². The van der Waals surface area contributed by atoms with Gasteiger partial charge in [-0.3, -0.25) is 57.5 Å². The van der Waals surface area contributed by atoms with Gasteiger partial charge in [-0.05, 0) is 153 Å². The Morgan fingerprint density at radius 2 is 1.25 bits per heavy atom. The van der Waals surface area contributed by atoms with Crippen molar-refractivity contribution in [2.45, 2.75) is 254 Å². The molecule has 1 spiro atoms. The lowest BCUT2D eigenvalue weighted by molar-refractivity contribution is -0.219. The van der Waals surface area contributed by atoms with Gasteiger partial charge in [-0.25, -0.2) is 8.78 Å². The van der Waals surface area contributed by atoms with Crippen molar-refractivity contribution in [2.75, 3.05) is 82.1 Å². The number of fused-ring (bicyclic) bond motifs is 3. The van der Waals surface area contributed by atoms with E-state index in [2.05, 4.69) is 16.0 Å². The highest BCUT2D eigenvalue weighted by Gasteiger charge is 2.56. The Balaban J connectivity index is 1.29. The predicted molar refractivity (Wildman–Crippen MR) is 366 cm³/mol. The third-order valence-electron chi connectivity index (χ3n) is 23.4. The molecule has 3 heterocycles. The second-order valence-corrected chi connectivity index (χ2v) is 30.5. The molecule has 32 heteroatoms. The van der Waals surface area contributed by atoms with Gasteiger partial charge in [0.15, 0.2) is 0 Å². The predicted octanol–water partition coefficient (Wildman–Crippen LogP) is 6.09. The molecule has 0 radical (unpaired) electrons. The Bertz CT molecular complexity index is 3110. The van der Waals surface area contributed by atoms with Gasteiger partial charge in [0.1, 0.15) is 72.1 Å². The van der Waals surface area contributed by atoms with Crippen molar-refractivity contribution in [1.29, 1.82) is 0 Å². The molecule has 586 valence electrons. The van der Waals surface area contributed by atoms with Crippen LogP contribution in [0, 0.1) is 35.5 Å². The van der Waals surface area contributed by atoms with E-state index in [4.69, 9.17) is 0 Å². The number of amides is 12. The monoisotopic (exact) mass is 1490 g/mol. The molecule has 104 heavy (non-hydrogen) atoms. The van der Waals surface area contributed by atoms with Crippen LogP contribution in [0.3, 0.4) is 0 Å². The average molecular weight is 1490 g/mol. The number of carbonyl (C=O) groups excluding carboxylic acids is 12. The van der Waals surface area contributed by atoms with Crippen LogP contribution in [0.1, 0.15) is 175 Å². The number of likely N-dealkylation sites (N-methyl/N-ethyl adjacent to an activating group) is 7. The van der Waals surface area contributed by atoms with E-state index in [1.165, 1.54) is 73.8 Å². The summed E-state index contributed by atoms with van der Waals surface area (Å²) in [5.74, 6) is -16.4. The highest BCUT2D eigenvalue weighted by atomic mass is 19.4. The van der Waals surface area contributed by atoms with Crippen molar-refractivity contribution < 1.29 is 92.7 Å². The van der Waals surface area contributed by atoms with E-state index in [1.807, 2.05) is 0 Å². The minimum absolute atomic E-state index is 0.00550. The van der Waals surface area contributed by atoms with Gasteiger partial charge in [-0.1, -0.05) is 52.2 Å². The number of carbonyl (C=O) groups is 12. The molecule has 2 bridgehead atoms. The fourth-order valence-electron chi connectivity index (χ4n) is 16.7. The van der Waals surface area contributed by atoms with Gasteiger partial charge in [0.25, 0.3) is 0 Å². The molecule has 0 aromatic heterocycles. The summed E-state index contributed by atoms with van der Waals surface area (Å²) in [5.41, 5.74) is -1.64. The average Bonchev–Trinajstić information content (AvgIpc) is 1.13. The minimum atomic E-state index is -5.20. The van der Waals surface area contributed by atoms with Crippen molar-refractivity contribution in [3.05, 3.63) is 12.2 Å². The van der Waals surface area contributed by atoms with E-state index >= 15 is 32.8 Å². The van der Waals surface area contributed by atoms with Crippen molar-refractivity contribution >= 4 is 70.9 Å². The Morgan fingerprint density at radius 3 is 1.81 bits per heavy atom. The number of rotatable bonds is 11. The van der Waals surface area contributed by atoms with E-state index in [1.54, 1.807) is 39.8 Å². The molecule has 4 saturated carbocycles. The third-order valence-corrected chi connectivity index (χ3v) is 23.4. The highest BCUT2D eigenvalue weighted by Crippen LogP contribution is 2.46. The first-order valence-electron chi connectivity index (χ1n) is 37.2. The molecule has 2 saturated heterocycles. The molecule has 7 aliphatic rings. The standard InChI is InChI=1S/C72H110F8N12O12/c1-12-42(4)59-67(102)86(8)41-57(95)88(10)52-24-16-15-19-34-92(66(52)101)53(38-43-26-29-46(30-27-43)71(75,76)77)65(100)85(7)40-55(93)81-49(31-28-44-36-47(73)58(48(74)37-44)72(78,79)80)63(98)91-35-20-25-51(91)62(97)83-70(32-21-33-70)69(104)89(11)60(45-22-17-18-23-45)68(103)90(14-3)54(64(99)84(5)6)39-56(94)87(9)50(13-2)61(96)82-59/h15-16,42-54,58-60H,12-14,17-41H2,1-11H3,(H,81,93)(H,82,96)(H,83,97)/b16-15-/t42-,43?,44?,46?,47?,48?,49-,50-,51-,52-,53-,54-,58?,59-,60-/m0/s1. The Hall–Kier alpha value is -7.18. The van der Waals surface area contributed by atoms with Gasteiger partial charge in [0.05, 0.1) is 25.4 Å². The van der Waals surface area contributed by atoms with Gasteiger partial charge >= 0.3 is 12.4 Å². The molecule has 24 nitrogen and oxygen atoms in total. The lowest BCUT2D eigenvalue weighted by Crippen LogP contribution is -2.68. The molecule has 0 aromatic carbocycles. The maximum Gasteiger partial charge on any atom is 0.397 e. The molecule has 3 aliphatic heterocycles. The van der Waals surface area contributed by atoms with E-state index in [9.17, 15) is 59.9 Å². The van der Waals surface area contributed by atoms with Crippen LogP contribution in [0.4, 0.5) is 35.1 Å². The molecular formula is C72H110F8N12O12. The molecule has 4 aliphatic carbocycles. The number of halogens is 8. The molecule has 0 aromatic rings. The molecule has 6 fully saturated rings. The zero-order valence-electron chi connectivity index (χ0n) is 62.1. The summed E-state index contributed by atoms with van der Waals surface area (Å²) in [7, 11) is 9.55. The van der Waals surface area contributed by atoms with Crippen LogP contribution in [0.2, 0.25) is 0 Å². The summed E-state index contributed by atoms with van der Waals surface area (Å²) < 4.78 is 115. The largest absolute Gasteiger partial charge is 0.397 e. The van der Waals surface area contributed by atoms with Crippen LogP contribution in [-0.2, 0) is 57.5 Å². The fourth-order valence-corrected chi connectivity index (χ4v) is 16.7. The summed E-state index contributed by atoms with van der Waals surface area (Å²) in [4.78, 5) is 190. The summed E-state index contributed by atoms with van der Waals surface area (Å²) >= 11 is 0. The van der Waals surface area contributed by atoms with Crippen LogP contribution < -0.4 is 16.0 Å². The number of nitrogens with one attached hydrogen (secondary N) is 3. The van der Waals surface area contributed by atoms with Crippen LogP contribution in [-0.4, -0.2) is 276 Å². The van der Waals surface area contributed by atoms with E-state index in [0.29, 0.717) is 38.5 Å². The Kier molecular flexibility index (Phi) is 29.1. The maximum atomic E-state index is 15.6. The number of hydrogen-bond donors (Lipinski definition) is 3. The number of hydrogen-bond acceptors (Lipinski definition) is 12. The molecule has 12 amide bonds. The van der Waals surface area contributed by atoms with Gasteiger partial charge < -0.3 is 60.0 Å². The second-order valence-electron chi connectivity index (χ2n) is 30.5. The summed E-state index contributed by atoms with van der Waals surface area (Å²) in [6, 6.07) is -11.0. The highest BCUT2D eigenvalue weighted by molar-refractivity contribution is 6.01. The molecule has 2 unspecified atom stereocenters.